The monoisotopic (exact) mass is 725 g/mol. The summed E-state index contributed by atoms with van der Waals surface area (Å²) >= 11 is 0. The van der Waals surface area contributed by atoms with E-state index in [1.807, 2.05) is 0 Å². The fraction of sp³-hybridized carbons (Fsp3) is 0.618. The molecule has 3 heterocycles. The Morgan fingerprint density at radius 1 is 1.10 bits per heavy atom. The molecule has 1 spiro atoms. The zero-order chi connectivity index (χ0) is 37.3. The van der Waals surface area contributed by atoms with Crippen LogP contribution in [-0.4, -0.2) is 90.1 Å². The van der Waals surface area contributed by atoms with Crippen molar-refractivity contribution >= 4 is 35.3 Å². The van der Waals surface area contributed by atoms with Crippen molar-refractivity contribution in [3.8, 4) is 0 Å². The van der Waals surface area contributed by atoms with Crippen LogP contribution in [0.15, 0.2) is 24.3 Å². The van der Waals surface area contributed by atoms with Gasteiger partial charge in [-0.3, -0.25) is 29.5 Å². The van der Waals surface area contributed by atoms with E-state index in [9.17, 15) is 41.5 Å². The van der Waals surface area contributed by atoms with Gasteiger partial charge in [0.2, 0.25) is 17.6 Å². The summed E-state index contributed by atoms with van der Waals surface area (Å²) in [5.41, 5.74) is -1.34. The van der Waals surface area contributed by atoms with Gasteiger partial charge in [0.15, 0.2) is 0 Å². The van der Waals surface area contributed by atoms with Crippen LogP contribution in [-0.2, 0) is 39.7 Å². The number of Topliss-reactive ketones (excluding diaryl/α,β-unsaturated/α-hetero) is 1. The molecule has 3 fully saturated rings. The highest BCUT2D eigenvalue weighted by Crippen LogP contribution is 2.40. The standard InChI is InChI=1S/C34H43F4N5O8/c1-5-6-23(26(44)29(46)39-19-8-9-19)40-28(45)25-15-33(14-24(42-51-33)18-7-10-22(35)21(13-18)34(36,37)38)17-43(25)30(47)27(32(2,3)4)41-31(48)50-20-11-12-49-16-20/h7,10,13-14,19-20,23,25,27,42H,5-6,8-9,11-12,15-17H2,1-4H3,(H,39,46)(H,40,45)(H,41,48)/t20-,23-,25-,27+,33+/m0/s1. The molecular weight excluding hydrogens is 682 g/mol. The lowest BCUT2D eigenvalue weighted by Gasteiger charge is -2.35. The number of likely N-dealkylation sites (tertiary alicyclic amines) is 1. The first-order chi connectivity index (χ1) is 23.9. The molecule has 3 aliphatic heterocycles. The van der Waals surface area contributed by atoms with Crippen LogP contribution in [0.25, 0.3) is 5.70 Å². The third-order valence-electron chi connectivity index (χ3n) is 9.18. The quantitative estimate of drug-likeness (QED) is 0.198. The lowest BCUT2D eigenvalue weighted by Crippen LogP contribution is -2.59. The molecule has 0 unspecified atom stereocenters. The molecule has 0 bridgehead atoms. The molecular formula is C34H43F4N5O8. The summed E-state index contributed by atoms with van der Waals surface area (Å²) in [6.07, 6.45) is -2.63. The summed E-state index contributed by atoms with van der Waals surface area (Å²) in [6, 6.07) is -1.44. The summed E-state index contributed by atoms with van der Waals surface area (Å²) in [4.78, 5) is 74.1. The predicted molar refractivity (Wildman–Crippen MR) is 172 cm³/mol. The van der Waals surface area contributed by atoms with Gasteiger partial charge in [-0.05, 0) is 49.0 Å². The van der Waals surface area contributed by atoms with Crippen molar-refractivity contribution in [1.82, 2.24) is 26.3 Å². The Bertz CT molecular complexity index is 1570. The predicted octanol–water partition coefficient (Wildman–Crippen LogP) is 3.12. The Morgan fingerprint density at radius 3 is 2.43 bits per heavy atom. The van der Waals surface area contributed by atoms with E-state index in [0.29, 0.717) is 31.6 Å². The minimum absolute atomic E-state index is 0.0394. The summed E-state index contributed by atoms with van der Waals surface area (Å²) in [5.74, 6) is -4.61. The average Bonchev–Trinajstić information content (AvgIpc) is 3.40. The van der Waals surface area contributed by atoms with E-state index in [2.05, 4.69) is 21.4 Å². The smallest absolute Gasteiger partial charge is 0.419 e. The zero-order valence-corrected chi connectivity index (χ0v) is 28.8. The second-order valence-electron chi connectivity index (χ2n) is 14.5. The fourth-order valence-corrected chi connectivity index (χ4v) is 6.27. The summed E-state index contributed by atoms with van der Waals surface area (Å²) < 4.78 is 65.3. The number of carbonyl (C=O) groups is 5. The van der Waals surface area contributed by atoms with Gasteiger partial charge in [0, 0.05) is 24.4 Å². The third-order valence-corrected chi connectivity index (χ3v) is 9.18. The van der Waals surface area contributed by atoms with Gasteiger partial charge in [-0.1, -0.05) is 34.1 Å². The van der Waals surface area contributed by atoms with Crippen LogP contribution < -0.4 is 21.4 Å². The number of benzene rings is 1. The topological polar surface area (TPSA) is 164 Å². The van der Waals surface area contributed by atoms with Crippen molar-refractivity contribution in [2.24, 2.45) is 5.41 Å². The van der Waals surface area contributed by atoms with Gasteiger partial charge in [0.1, 0.15) is 29.6 Å². The summed E-state index contributed by atoms with van der Waals surface area (Å²) in [7, 11) is 0. The first-order valence-electron chi connectivity index (χ1n) is 16.9. The highest BCUT2D eigenvalue weighted by Gasteiger charge is 2.54. The number of hydrogen-bond donors (Lipinski definition) is 4. The van der Waals surface area contributed by atoms with E-state index in [4.69, 9.17) is 14.3 Å². The molecule has 4 amide bonds. The van der Waals surface area contributed by atoms with E-state index in [1.54, 1.807) is 27.7 Å². The molecule has 1 aromatic carbocycles. The van der Waals surface area contributed by atoms with Crippen LogP contribution in [0.3, 0.4) is 0 Å². The molecule has 5 atom stereocenters. The molecule has 280 valence electrons. The van der Waals surface area contributed by atoms with Gasteiger partial charge in [-0.15, -0.1) is 0 Å². The summed E-state index contributed by atoms with van der Waals surface area (Å²) in [5, 5.41) is 7.87. The molecule has 4 N–H and O–H groups in total. The lowest BCUT2D eigenvalue weighted by molar-refractivity contribution is -0.144. The highest BCUT2D eigenvalue weighted by molar-refractivity contribution is 6.38. The fourth-order valence-electron chi connectivity index (χ4n) is 6.27. The van der Waals surface area contributed by atoms with Gasteiger partial charge >= 0.3 is 12.3 Å². The lowest BCUT2D eigenvalue weighted by atomic mass is 9.85. The molecule has 1 aliphatic carbocycles. The number of nitrogens with zero attached hydrogens (tertiary/aromatic N) is 1. The number of ketones is 1. The van der Waals surface area contributed by atoms with Crippen molar-refractivity contribution in [2.45, 2.75) is 108 Å². The molecule has 17 heteroatoms. The van der Waals surface area contributed by atoms with Gasteiger partial charge in [-0.2, -0.15) is 13.2 Å². The minimum Gasteiger partial charge on any atom is -0.444 e. The maximum atomic E-state index is 14.4. The Labute approximate surface area is 292 Å². The second kappa shape index (κ2) is 14.8. The average molecular weight is 726 g/mol. The Kier molecular flexibility index (Phi) is 11.0. The van der Waals surface area contributed by atoms with Crippen molar-refractivity contribution in [1.29, 1.82) is 0 Å². The van der Waals surface area contributed by atoms with Crippen LogP contribution in [0.4, 0.5) is 22.4 Å². The number of amides is 4. The van der Waals surface area contributed by atoms with Crippen molar-refractivity contribution in [2.75, 3.05) is 19.8 Å². The SMILES string of the molecule is CCC[C@H](NC(=O)[C@@H]1C[C@]2(C=C(c3ccc(F)c(C(F)(F)F)c3)NO2)CN1C(=O)[C@@H](NC(=O)O[C@H]1CCOC1)C(C)(C)C)C(=O)C(=O)NC1CC1. The number of alkyl carbamates (subject to hydrolysis) is 1. The van der Waals surface area contributed by atoms with Crippen molar-refractivity contribution < 1.29 is 55.8 Å². The molecule has 5 rings (SSSR count). The molecule has 0 radical (unpaired) electrons. The van der Waals surface area contributed by atoms with Crippen LogP contribution in [0.1, 0.15) is 77.3 Å². The number of carbonyl (C=O) groups excluding carboxylic acids is 5. The van der Waals surface area contributed by atoms with Crippen LogP contribution in [0.2, 0.25) is 0 Å². The number of rotatable bonds is 11. The Hall–Kier alpha value is -4.25. The zero-order valence-electron chi connectivity index (χ0n) is 28.8. The van der Waals surface area contributed by atoms with E-state index >= 15 is 0 Å². The number of alkyl halides is 3. The van der Waals surface area contributed by atoms with Crippen molar-refractivity contribution in [3.63, 3.8) is 0 Å². The van der Waals surface area contributed by atoms with Crippen LogP contribution >= 0.6 is 0 Å². The number of nitrogens with one attached hydrogen (secondary N) is 4. The summed E-state index contributed by atoms with van der Waals surface area (Å²) in [6.45, 7) is 7.17. The van der Waals surface area contributed by atoms with Gasteiger partial charge < -0.3 is 30.3 Å². The maximum absolute atomic E-state index is 14.4. The van der Waals surface area contributed by atoms with E-state index in [0.717, 1.165) is 18.9 Å². The number of halogens is 4. The normalized spacial score (nSPS) is 24.4. The van der Waals surface area contributed by atoms with Crippen LogP contribution in [0, 0.1) is 11.2 Å². The number of hydrogen-bond acceptors (Lipinski definition) is 9. The van der Waals surface area contributed by atoms with Gasteiger partial charge in [0.25, 0.3) is 5.91 Å². The van der Waals surface area contributed by atoms with Gasteiger partial charge in [-0.25, -0.2) is 9.18 Å². The van der Waals surface area contributed by atoms with Gasteiger partial charge in [0.05, 0.1) is 37.1 Å². The molecule has 13 nitrogen and oxygen atoms in total. The molecule has 1 saturated carbocycles. The highest BCUT2D eigenvalue weighted by atomic mass is 19.4. The van der Waals surface area contributed by atoms with Crippen LogP contribution in [0.5, 0.6) is 0 Å². The second-order valence-corrected chi connectivity index (χ2v) is 14.5. The van der Waals surface area contributed by atoms with E-state index in [-0.39, 0.29) is 43.3 Å². The first kappa shape index (κ1) is 38.0. The molecule has 4 aliphatic rings. The first-order valence-corrected chi connectivity index (χ1v) is 16.9. The Morgan fingerprint density at radius 2 is 1.82 bits per heavy atom. The molecule has 51 heavy (non-hydrogen) atoms. The Balaban J connectivity index is 1.44. The molecule has 0 aromatic heterocycles. The van der Waals surface area contributed by atoms with E-state index < -0.39 is 82.4 Å². The maximum Gasteiger partial charge on any atom is 0.419 e. The van der Waals surface area contributed by atoms with Crippen molar-refractivity contribution in [3.05, 3.63) is 41.2 Å². The number of ether oxygens (including phenoxy) is 2. The van der Waals surface area contributed by atoms with E-state index in [1.165, 1.54) is 11.0 Å². The molecule has 2 saturated heterocycles. The largest absolute Gasteiger partial charge is 0.444 e. The minimum atomic E-state index is -4.97. The third kappa shape index (κ3) is 8.98. The number of hydroxylamine groups is 1. The molecule has 1 aromatic rings.